The molecule has 2 rings (SSSR count). The molecular weight excluding hydrogens is 362 g/mol. The van der Waals surface area contributed by atoms with Crippen LogP contribution in [-0.2, 0) is 17.8 Å². The molecular formula is C19H27N5O2S. The summed E-state index contributed by atoms with van der Waals surface area (Å²) in [6.45, 7) is 6.02. The Morgan fingerprint density at radius 3 is 2.63 bits per heavy atom. The largest absolute Gasteiger partial charge is 0.497 e. The van der Waals surface area contributed by atoms with E-state index in [9.17, 15) is 4.79 Å². The fourth-order valence-corrected chi connectivity index (χ4v) is 3.08. The second-order valence-corrected chi connectivity index (χ2v) is 7.18. The van der Waals surface area contributed by atoms with Gasteiger partial charge in [-0.25, -0.2) is 9.98 Å². The maximum atomic E-state index is 12.0. The molecule has 146 valence electrons. The van der Waals surface area contributed by atoms with Crippen molar-refractivity contribution < 1.29 is 9.53 Å². The Morgan fingerprint density at radius 1 is 1.22 bits per heavy atom. The first-order valence-electron chi connectivity index (χ1n) is 8.93. The van der Waals surface area contributed by atoms with Crippen LogP contribution in [0.5, 0.6) is 5.75 Å². The summed E-state index contributed by atoms with van der Waals surface area (Å²) < 4.78 is 5.12. The molecule has 0 fully saturated rings. The van der Waals surface area contributed by atoms with Crippen molar-refractivity contribution in [2.24, 2.45) is 4.99 Å². The van der Waals surface area contributed by atoms with Gasteiger partial charge in [0.15, 0.2) is 5.96 Å². The average molecular weight is 390 g/mol. The van der Waals surface area contributed by atoms with E-state index < -0.39 is 0 Å². The molecule has 0 unspecified atom stereocenters. The van der Waals surface area contributed by atoms with E-state index in [1.54, 1.807) is 18.4 Å². The molecule has 0 saturated heterocycles. The van der Waals surface area contributed by atoms with E-state index in [-0.39, 0.29) is 12.5 Å². The Balaban J connectivity index is 1.75. The predicted octanol–water partition coefficient (Wildman–Crippen LogP) is 1.87. The highest BCUT2D eigenvalue weighted by molar-refractivity contribution is 7.11. The highest BCUT2D eigenvalue weighted by Gasteiger charge is 2.04. The lowest BCUT2D eigenvalue weighted by molar-refractivity contribution is -0.119. The van der Waals surface area contributed by atoms with Crippen LogP contribution in [0.1, 0.15) is 22.4 Å². The number of ether oxygens (including phenoxy) is 1. The number of aromatic nitrogens is 1. The van der Waals surface area contributed by atoms with Crippen LogP contribution in [0.25, 0.3) is 0 Å². The fraction of sp³-hybridized carbons (Fsp3) is 0.421. The monoisotopic (exact) mass is 389 g/mol. The van der Waals surface area contributed by atoms with Gasteiger partial charge in [0.25, 0.3) is 0 Å². The third-order valence-electron chi connectivity index (χ3n) is 3.67. The van der Waals surface area contributed by atoms with Gasteiger partial charge in [-0.15, -0.1) is 11.3 Å². The summed E-state index contributed by atoms with van der Waals surface area (Å²) in [7, 11) is 1.63. The number of amides is 1. The average Bonchev–Trinajstić information content (AvgIpc) is 3.10. The molecule has 0 bridgehead atoms. The maximum Gasteiger partial charge on any atom is 0.242 e. The number of aliphatic imine (C=N–C) groups is 1. The van der Waals surface area contributed by atoms with Crippen molar-refractivity contribution in [1.29, 1.82) is 0 Å². The number of nitrogens with zero attached hydrogens (tertiary/aromatic N) is 2. The van der Waals surface area contributed by atoms with Gasteiger partial charge >= 0.3 is 0 Å². The molecule has 7 nitrogen and oxygen atoms in total. The molecule has 8 heteroatoms. The summed E-state index contributed by atoms with van der Waals surface area (Å²) >= 11 is 1.69. The highest BCUT2D eigenvalue weighted by Crippen LogP contribution is 2.11. The molecule has 1 heterocycles. The van der Waals surface area contributed by atoms with Crippen LogP contribution in [-0.4, -0.2) is 43.6 Å². The Morgan fingerprint density at radius 2 is 2.00 bits per heavy atom. The molecule has 1 aromatic heterocycles. The van der Waals surface area contributed by atoms with Gasteiger partial charge in [0.1, 0.15) is 12.3 Å². The van der Waals surface area contributed by atoms with Crippen molar-refractivity contribution in [1.82, 2.24) is 20.9 Å². The molecule has 0 aliphatic rings. The Hall–Kier alpha value is -2.61. The van der Waals surface area contributed by atoms with Gasteiger partial charge in [-0.2, -0.15) is 0 Å². The molecule has 27 heavy (non-hydrogen) atoms. The lowest BCUT2D eigenvalue weighted by Crippen LogP contribution is -2.39. The summed E-state index contributed by atoms with van der Waals surface area (Å²) in [5.74, 6) is 1.30. The molecule has 0 saturated carbocycles. The number of benzene rings is 1. The van der Waals surface area contributed by atoms with Crippen molar-refractivity contribution in [3.63, 3.8) is 0 Å². The second-order valence-electron chi connectivity index (χ2n) is 5.86. The molecule has 0 spiro atoms. The highest BCUT2D eigenvalue weighted by atomic mass is 32.1. The minimum atomic E-state index is -0.126. The summed E-state index contributed by atoms with van der Waals surface area (Å²) in [6.07, 6.45) is 2.71. The van der Waals surface area contributed by atoms with Gasteiger partial charge in [-0.3, -0.25) is 4.79 Å². The minimum Gasteiger partial charge on any atom is -0.497 e. The molecule has 0 aliphatic carbocycles. The van der Waals surface area contributed by atoms with Crippen molar-refractivity contribution in [2.75, 3.05) is 26.7 Å². The van der Waals surface area contributed by atoms with Crippen LogP contribution in [0.4, 0.5) is 0 Å². The lowest BCUT2D eigenvalue weighted by Gasteiger charge is -2.11. The third-order valence-corrected chi connectivity index (χ3v) is 4.65. The molecule has 0 atom stereocenters. The van der Waals surface area contributed by atoms with Crippen LogP contribution in [0.2, 0.25) is 0 Å². The van der Waals surface area contributed by atoms with Gasteiger partial charge in [-0.05, 0) is 31.5 Å². The zero-order chi connectivity index (χ0) is 19.5. The molecule has 0 aliphatic heterocycles. The van der Waals surface area contributed by atoms with Gasteiger partial charge in [0.2, 0.25) is 5.91 Å². The van der Waals surface area contributed by atoms with Crippen LogP contribution < -0.4 is 20.7 Å². The van der Waals surface area contributed by atoms with Crippen LogP contribution in [0.3, 0.4) is 0 Å². The van der Waals surface area contributed by atoms with Crippen LogP contribution in [0.15, 0.2) is 35.5 Å². The Labute approximate surface area is 164 Å². The lowest BCUT2D eigenvalue weighted by atomic mass is 10.2. The fourth-order valence-electron chi connectivity index (χ4n) is 2.30. The normalized spacial score (nSPS) is 11.1. The summed E-state index contributed by atoms with van der Waals surface area (Å²) in [4.78, 5) is 21.9. The summed E-state index contributed by atoms with van der Waals surface area (Å²) in [5.41, 5.74) is 1.01. The van der Waals surface area contributed by atoms with Gasteiger partial charge in [0, 0.05) is 37.1 Å². The Kier molecular flexibility index (Phi) is 8.57. The number of aryl methyl sites for hydroxylation is 1. The molecule has 1 aromatic carbocycles. The quantitative estimate of drug-likeness (QED) is 0.450. The molecule has 2 aromatic rings. The van der Waals surface area contributed by atoms with Gasteiger partial charge < -0.3 is 20.7 Å². The first kappa shape index (κ1) is 20.7. The Bertz CT molecular complexity index is 743. The smallest absolute Gasteiger partial charge is 0.242 e. The topological polar surface area (TPSA) is 87.6 Å². The molecule has 1 amide bonds. The molecule has 3 N–H and O–H groups in total. The van der Waals surface area contributed by atoms with Crippen molar-refractivity contribution >= 4 is 23.2 Å². The number of nitrogens with one attached hydrogen (secondary N) is 3. The van der Waals surface area contributed by atoms with E-state index in [1.165, 1.54) is 4.88 Å². The number of hydrogen-bond acceptors (Lipinski definition) is 5. The first-order valence-corrected chi connectivity index (χ1v) is 9.75. The SMILES string of the molecule is CCNC(=NCC(=O)NCc1ccc(OC)cc1)NCCc1ncc(C)s1. The van der Waals surface area contributed by atoms with Crippen molar-refractivity contribution in [2.45, 2.75) is 26.8 Å². The summed E-state index contributed by atoms with van der Waals surface area (Å²) in [6, 6.07) is 7.59. The predicted molar refractivity (Wildman–Crippen MR) is 109 cm³/mol. The van der Waals surface area contributed by atoms with E-state index in [1.807, 2.05) is 44.3 Å². The number of carbonyl (C=O) groups excluding carboxylic acids is 1. The standard InChI is InChI=1S/C19H27N5O2S/c1-4-20-19(21-10-9-18-23-11-14(2)27-18)24-13-17(25)22-12-15-5-7-16(26-3)8-6-15/h5-8,11H,4,9-10,12-13H2,1-3H3,(H,22,25)(H2,20,21,24). The zero-order valence-corrected chi connectivity index (χ0v) is 16.9. The van der Waals surface area contributed by atoms with Crippen LogP contribution >= 0.6 is 11.3 Å². The first-order chi connectivity index (χ1) is 13.1. The number of carbonyl (C=O) groups is 1. The number of hydrogen-bond donors (Lipinski definition) is 3. The summed E-state index contributed by atoms with van der Waals surface area (Å²) in [5, 5.41) is 10.3. The van der Waals surface area contributed by atoms with Crippen LogP contribution in [0, 0.1) is 6.92 Å². The molecule has 0 radical (unpaired) electrons. The third kappa shape index (κ3) is 7.65. The maximum absolute atomic E-state index is 12.0. The van der Waals surface area contributed by atoms with Crippen molar-refractivity contribution in [3.05, 3.63) is 45.9 Å². The van der Waals surface area contributed by atoms with E-state index in [0.29, 0.717) is 19.0 Å². The van der Waals surface area contributed by atoms with E-state index in [4.69, 9.17) is 4.74 Å². The number of guanidine groups is 1. The van der Waals surface area contributed by atoms with Gasteiger partial charge in [-0.1, -0.05) is 12.1 Å². The van der Waals surface area contributed by atoms with E-state index >= 15 is 0 Å². The number of rotatable bonds is 9. The number of methoxy groups -OCH3 is 1. The van der Waals surface area contributed by atoms with Gasteiger partial charge in [0.05, 0.1) is 12.1 Å². The number of thiazole rings is 1. The second kappa shape index (κ2) is 11.2. The van der Waals surface area contributed by atoms with Crippen molar-refractivity contribution in [3.8, 4) is 5.75 Å². The van der Waals surface area contributed by atoms with E-state index in [0.717, 1.165) is 29.3 Å². The minimum absolute atomic E-state index is 0.0713. The van der Waals surface area contributed by atoms with E-state index in [2.05, 4.69) is 25.9 Å². The zero-order valence-electron chi connectivity index (χ0n) is 16.0.